The molecule has 3 aromatic rings. The predicted octanol–water partition coefficient (Wildman–Crippen LogP) is 3.05. The van der Waals surface area contributed by atoms with Crippen LogP contribution in [0.4, 0.5) is 0 Å². The van der Waals surface area contributed by atoms with Gasteiger partial charge in [-0.25, -0.2) is 0 Å². The van der Waals surface area contributed by atoms with Crippen molar-refractivity contribution >= 4 is 27.3 Å². The highest BCUT2D eigenvalue weighted by atomic mass is 32.1. The Labute approximate surface area is 145 Å². The minimum absolute atomic E-state index is 0.0527. The van der Waals surface area contributed by atoms with Gasteiger partial charge in [0, 0.05) is 10.7 Å². The van der Waals surface area contributed by atoms with Gasteiger partial charge in [-0.15, -0.1) is 11.3 Å². The molecule has 0 saturated carbocycles. The lowest BCUT2D eigenvalue weighted by atomic mass is 10.0. The Morgan fingerprint density at radius 3 is 2.54 bits per heavy atom. The van der Waals surface area contributed by atoms with E-state index in [9.17, 15) is 4.79 Å². The molecular weight excluding hydrogens is 316 g/mol. The van der Waals surface area contributed by atoms with Gasteiger partial charge in [0.1, 0.15) is 0 Å². The number of amides is 1. The molecule has 1 aromatic heterocycles. The number of fused-ring (bicyclic) bond motifs is 2. The van der Waals surface area contributed by atoms with Crippen molar-refractivity contribution < 1.29 is 4.79 Å². The van der Waals surface area contributed by atoms with E-state index in [0.717, 1.165) is 18.4 Å². The lowest BCUT2D eigenvalue weighted by Crippen LogP contribution is -2.46. The maximum Gasteiger partial charge on any atom is 0.237 e. The van der Waals surface area contributed by atoms with Gasteiger partial charge >= 0.3 is 0 Å². The zero-order valence-electron chi connectivity index (χ0n) is 13.4. The van der Waals surface area contributed by atoms with Gasteiger partial charge in [0.2, 0.25) is 5.91 Å². The third-order valence-corrected chi connectivity index (χ3v) is 5.75. The maximum atomic E-state index is 12.5. The van der Waals surface area contributed by atoms with E-state index in [1.54, 1.807) is 11.3 Å². The number of hydrogen-bond donors (Lipinski definition) is 2. The lowest BCUT2D eigenvalue weighted by Gasteiger charge is -2.16. The van der Waals surface area contributed by atoms with Crippen molar-refractivity contribution in [1.82, 2.24) is 5.32 Å². The van der Waals surface area contributed by atoms with Crippen LogP contribution in [0.15, 0.2) is 53.9 Å². The monoisotopic (exact) mass is 336 g/mol. The van der Waals surface area contributed by atoms with Crippen molar-refractivity contribution in [2.75, 3.05) is 0 Å². The van der Waals surface area contributed by atoms with Gasteiger partial charge in [-0.1, -0.05) is 42.5 Å². The first kappa shape index (κ1) is 15.4. The van der Waals surface area contributed by atoms with Crippen LogP contribution >= 0.6 is 11.3 Å². The molecular formula is C20H20N2OS. The van der Waals surface area contributed by atoms with Gasteiger partial charge in [-0.05, 0) is 52.8 Å². The Hall–Kier alpha value is -2.17. The molecule has 0 spiro atoms. The number of rotatable bonds is 4. The largest absolute Gasteiger partial charge is 0.351 e. The molecule has 1 unspecified atom stereocenters. The molecule has 1 amide bonds. The zero-order chi connectivity index (χ0) is 16.5. The Morgan fingerprint density at radius 1 is 1.12 bits per heavy atom. The quantitative estimate of drug-likeness (QED) is 0.769. The second-order valence-corrected chi connectivity index (χ2v) is 7.36. The van der Waals surface area contributed by atoms with E-state index in [1.165, 1.54) is 21.2 Å². The van der Waals surface area contributed by atoms with Crippen LogP contribution in [0.5, 0.6) is 0 Å². The lowest BCUT2D eigenvalue weighted by molar-refractivity contribution is -0.123. The summed E-state index contributed by atoms with van der Waals surface area (Å²) in [6.07, 6.45) is 2.38. The van der Waals surface area contributed by atoms with Crippen molar-refractivity contribution in [2.45, 2.75) is 31.3 Å². The highest BCUT2D eigenvalue weighted by molar-refractivity contribution is 7.17. The van der Waals surface area contributed by atoms with Crippen LogP contribution in [0.1, 0.15) is 16.7 Å². The summed E-state index contributed by atoms with van der Waals surface area (Å²) < 4.78 is 1.24. The standard InChI is InChI=1S/C20H20N2OS/c21-18(11-15-12-24-19-8-4-3-7-17(15)19)20(23)22-16-9-13-5-1-2-6-14(13)10-16/h1-8,12,16,18H,9-11,21H2,(H,22,23). The van der Waals surface area contributed by atoms with Crippen LogP contribution in [-0.4, -0.2) is 18.0 Å². The van der Waals surface area contributed by atoms with Gasteiger partial charge in [0.15, 0.2) is 0 Å². The van der Waals surface area contributed by atoms with E-state index >= 15 is 0 Å². The minimum Gasteiger partial charge on any atom is -0.351 e. The second kappa shape index (κ2) is 6.38. The minimum atomic E-state index is -0.508. The van der Waals surface area contributed by atoms with Crippen LogP contribution in [0.25, 0.3) is 10.1 Å². The fourth-order valence-corrected chi connectivity index (χ4v) is 4.47. The van der Waals surface area contributed by atoms with Crippen LogP contribution in [0.2, 0.25) is 0 Å². The van der Waals surface area contributed by atoms with Crippen LogP contribution in [0, 0.1) is 0 Å². The summed E-state index contributed by atoms with van der Waals surface area (Å²) in [6, 6.07) is 16.3. The number of benzene rings is 2. The summed E-state index contributed by atoms with van der Waals surface area (Å²) in [6.45, 7) is 0. The number of thiophene rings is 1. The SMILES string of the molecule is NC(Cc1csc2ccccc12)C(=O)NC1Cc2ccccc2C1. The molecule has 2 aromatic carbocycles. The third kappa shape index (κ3) is 2.95. The molecule has 3 nitrogen and oxygen atoms in total. The molecule has 0 radical (unpaired) electrons. The smallest absolute Gasteiger partial charge is 0.237 e. The molecule has 0 saturated heterocycles. The number of hydrogen-bond acceptors (Lipinski definition) is 3. The van der Waals surface area contributed by atoms with E-state index < -0.39 is 6.04 Å². The molecule has 1 aliphatic rings. The molecule has 24 heavy (non-hydrogen) atoms. The molecule has 4 rings (SSSR count). The molecule has 4 heteroatoms. The first-order chi connectivity index (χ1) is 11.7. The van der Waals surface area contributed by atoms with Gasteiger partial charge in [0.05, 0.1) is 6.04 Å². The van der Waals surface area contributed by atoms with Crippen LogP contribution in [0.3, 0.4) is 0 Å². The van der Waals surface area contributed by atoms with Gasteiger partial charge in [0.25, 0.3) is 0 Å². The summed E-state index contributed by atoms with van der Waals surface area (Å²) >= 11 is 1.70. The zero-order valence-corrected chi connectivity index (χ0v) is 14.2. The number of carbonyl (C=O) groups is 1. The fraction of sp³-hybridized carbons (Fsp3) is 0.250. The number of nitrogens with one attached hydrogen (secondary N) is 1. The van der Waals surface area contributed by atoms with E-state index in [-0.39, 0.29) is 11.9 Å². The van der Waals surface area contributed by atoms with Crippen molar-refractivity contribution in [3.05, 3.63) is 70.6 Å². The van der Waals surface area contributed by atoms with E-state index in [0.29, 0.717) is 6.42 Å². The Morgan fingerprint density at radius 2 is 1.79 bits per heavy atom. The Bertz CT molecular complexity index is 861. The second-order valence-electron chi connectivity index (χ2n) is 6.45. The number of carbonyl (C=O) groups excluding carboxylic acids is 1. The first-order valence-electron chi connectivity index (χ1n) is 8.28. The van der Waals surface area contributed by atoms with Crippen molar-refractivity contribution in [1.29, 1.82) is 0 Å². The van der Waals surface area contributed by atoms with Gasteiger partial charge in [-0.3, -0.25) is 4.79 Å². The number of nitrogens with two attached hydrogens (primary N) is 1. The van der Waals surface area contributed by atoms with Crippen molar-refractivity contribution in [3.63, 3.8) is 0 Å². The topological polar surface area (TPSA) is 55.1 Å². The summed E-state index contributed by atoms with van der Waals surface area (Å²) in [5.41, 5.74) is 10.0. The summed E-state index contributed by atoms with van der Waals surface area (Å²) in [4.78, 5) is 12.5. The van der Waals surface area contributed by atoms with Crippen LogP contribution < -0.4 is 11.1 Å². The van der Waals surface area contributed by atoms with Crippen molar-refractivity contribution in [2.24, 2.45) is 5.73 Å². The highest BCUT2D eigenvalue weighted by Gasteiger charge is 2.25. The average Bonchev–Trinajstić information content (AvgIpc) is 3.18. The molecule has 3 N–H and O–H groups in total. The predicted molar refractivity (Wildman–Crippen MR) is 99.3 cm³/mol. The molecule has 0 bridgehead atoms. The molecule has 0 fully saturated rings. The molecule has 122 valence electrons. The average molecular weight is 336 g/mol. The summed E-state index contributed by atoms with van der Waals surface area (Å²) in [5, 5.41) is 6.45. The molecule has 1 atom stereocenters. The molecule has 1 heterocycles. The summed E-state index contributed by atoms with van der Waals surface area (Å²) in [7, 11) is 0. The summed E-state index contributed by atoms with van der Waals surface area (Å²) in [5.74, 6) is -0.0527. The van der Waals surface area contributed by atoms with Crippen LogP contribution in [-0.2, 0) is 24.1 Å². The van der Waals surface area contributed by atoms with Gasteiger partial charge in [-0.2, -0.15) is 0 Å². The Balaban J connectivity index is 1.40. The van der Waals surface area contributed by atoms with E-state index in [1.807, 2.05) is 12.1 Å². The highest BCUT2D eigenvalue weighted by Crippen LogP contribution is 2.26. The molecule has 1 aliphatic carbocycles. The third-order valence-electron chi connectivity index (χ3n) is 4.74. The van der Waals surface area contributed by atoms with Crippen molar-refractivity contribution in [3.8, 4) is 0 Å². The van der Waals surface area contributed by atoms with E-state index in [2.05, 4.69) is 47.1 Å². The fourth-order valence-electron chi connectivity index (χ4n) is 3.49. The normalized spacial score (nSPS) is 15.4. The maximum absolute atomic E-state index is 12.5. The van der Waals surface area contributed by atoms with E-state index in [4.69, 9.17) is 5.73 Å². The first-order valence-corrected chi connectivity index (χ1v) is 9.16. The van der Waals surface area contributed by atoms with Gasteiger partial charge < -0.3 is 11.1 Å². The molecule has 0 aliphatic heterocycles. The Kier molecular flexibility index (Phi) is 4.08.